The van der Waals surface area contributed by atoms with Crippen LogP contribution in [0.1, 0.15) is 57.1 Å². The average Bonchev–Trinajstić information content (AvgIpc) is 2.74. The van der Waals surface area contributed by atoms with Gasteiger partial charge in [-0.3, -0.25) is 0 Å². The Morgan fingerprint density at radius 3 is 2.55 bits per heavy atom. The van der Waals surface area contributed by atoms with E-state index in [0.717, 1.165) is 18.2 Å². The van der Waals surface area contributed by atoms with Gasteiger partial charge in [-0.15, -0.1) is 0 Å². The summed E-state index contributed by atoms with van der Waals surface area (Å²) >= 11 is 6.14. The van der Waals surface area contributed by atoms with Crippen LogP contribution in [0.4, 0.5) is 0 Å². The molecule has 0 heterocycles. The van der Waals surface area contributed by atoms with Crippen molar-refractivity contribution in [2.45, 2.75) is 51.5 Å². The van der Waals surface area contributed by atoms with E-state index in [9.17, 15) is 0 Å². The van der Waals surface area contributed by atoms with Crippen LogP contribution in [-0.4, -0.2) is 13.7 Å². The standard InChI is InChI=1S/C17H26ClNO/c1-3-19-17(13-8-6-4-5-7-9-13)14-10-11-15(18)16(12-14)20-2/h10-13,17,19H,3-9H2,1-2H3. The van der Waals surface area contributed by atoms with Crippen LogP contribution in [0.2, 0.25) is 5.02 Å². The maximum atomic E-state index is 6.14. The van der Waals surface area contributed by atoms with Crippen LogP contribution < -0.4 is 10.1 Å². The molecule has 1 saturated carbocycles. The van der Waals surface area contributed by atoms with Crippen molar-refractivity contribution >= 4 is 11.6 Å². The summed E-state index contributed by atoms with van der Waals surface area (Å²) in [5, 5.41) is 4.36. The van der Waals surface area contributed by atoms with E-state index in [-0.39, 0.29) is 0 Å². The lowest BCUT2D eigenvalue weighted by atomic mass is 9.87. The first-order valence-electron chi connectivity index (χ1n) is 7.83. The van der Waals surface area contributed by atoms with Crippen LogP contribution in [0, 0.1) is 5.92 Å². The molecule has 112 valence electrons. The van der Waals surface area contributed by atoms with E-state index in [1.165, 1.54) is 44.1 Å². The Morgan fingerprint density at radius 1 is 1.25 bits per heavy atom. The summed E-state index contributed by atoms with van der Waals surface area (Å²) in [5.74, 6) is 1.50. The molecule has 20 heavy (non-hydrogen) atoms. The maximum Gasteiger partial charge on any atom is 0.137 e. The Kier molecular flexibility index (Phi) is 6.18. The third kappa shape index (κ3) is 3.89. The molecule has 1 aromatic carbocycles. The lowest BCUT2D eigenvalue weighted by Gasteiger charge is -2.28. The van der Waals surface area contributed by atoms with Crippen molar-refractivity contribution in [2.24, 2.45) is 5.92 Å². The second-order valence-corrected chi connectivity index (χ2v) is 6.09. The van der Waals surface area contributed by atoms with Gasteiger partial charge < -0.3 is 10.1 Å². The number of halogens is 1. The van der Waals surface area contributed by atoms with E-state index in [1.807, 2.05) is 6.07 Å². The molecule has 1 aromatic rings. The van der Waals surface area contributed by atoms with E-state index in [2.05, 4.69) is 24.4 Å². The fourth-order valence-electron chi connectivity index (χ4n) is 3.29. The first-order valence-corrected chi connectivity index (χ1v) is 8.21. The molecule has 0 aliphatic heterocycles. The fraction of sp³-hybridized carbons (Fsp3) is 0.647. The predicted molar refractivity (Wildman–Crippen MR) is 85.6 cm³/mol. The number of rotatable bonds is 5. The van der Waals surface area contributed by atoms with Gasteiger partial charge in [0.15, 0.2) is 0 Å². The predicted octanol–water partition coefficient (Wildman–Crippen LogP) is 4.97. The molecule has 1 aliphatic rings. The van der Waals surface area contributed by atoms with Gasteiger partial charge in [0.25, 0.3) is 0 Å². The molecule has 0 saturated heterocycles. The molecule has 0 amide bonds. The summed E-state index contributed by atoms with van der Waals surface area (Å²) in [5.41, 5.74) is 1.31. The SMILES string of the molecule is CCNC(c1ccc(Cl)c(OC)c1)C1CCCCCC1. The Labute approximate surface area is 127 Å². The van der Waals surface area contributed by atoms with Crippen molar-refractivity contribution in [3.63, 3.8) is 0 Å². The highest BCUT2D eigenvalue weighted by Crippen LogP contribution is 2.36. The third-order valence-corrected chi connectivity index (χ3v) is 4.64. The van der Waals surface area contributed by atoms with Gasteiger partial charge in [-0.25, -0.2) is 0 Å². The van der Waals surface area contributed by atoms with Gasteiger partial charge in [0.05, 0.1) is 12.1 Å². The number of hydrogen-bond acceptors (Lipinski definition) is 2. The summed E-state index contributed by atoms with van der Waals surface area (Å²) in [6.45, 7) is 3.17. The van der Waals surface area contributed by atoms with Gasteiger partial charge in [-0.1, -0.05) is 50.3 Å². The molecule has 0 spiro atoms. The highest BCUT2D eigenvalue weighted by Gasteiger charge is 2.24. The summed E-state index contributed by atoms with van der Waals surface area (Å²) in [6.07, 6.45) is 8.14. The minimum atomic E-state index is 0.421. The van der Waals surface area contributed by atoms with Gasteiger partial charge in [0, 0.05) is 6.04 Å². The van der Waals surface area contributed by atoms with E-state index < -0.39 is 0 Å². The van der Waals surface area contributed by atoms with Gasteiger partial charge in [0.1, 0.15) is 5.75 Å². The van der Waals surface area contributed by atoms with Crippen LogP contribution in [0.5, 0.6) is 5.75 Å². The monoisotopic (exact) mass is 295 g/mol. The van der Waals surface area contributed by atoms with Gasteiger partial charge in [-0.2, -0.15) is 0 Å². The number of ether oxygens (including phenoxy) is 1. The van der Waals surface area contributed by atoms with Crippen LogP contribution in [0.3, 0.4) is 0 Å². The molecule has 2 nitrogen and oxygen atoms in total. The lowest BCUT2D eigenvalue weighted by Crippen LogP contribution is -2.28. The number of benzene rings is 1. The van der Waals surface area contributed by atoms with Crippen molar-refractivity contribution in [1.82, 2.24) is 5.32 Å². The number of hydrogen-bond donors (Lipinski definition) is 1. The fourth-order valence-corrected chi connectivity index (χ4v) is 3.49. The number of methoxy groups -OCH3 is 1. The lowest BCUT2D eigenvalue weighted by molar-refractivity contribution is 0.328. The minimum absolute atomic E-state index is 0.421. The second kappa shape index (κ2) is 7.90. The van der Waals surface area contributed by atoms with Crippen LogP contribution in [0.25, 0.3) is 0 Å². The van der Waals surface area contributed by atoms with Gasteiger partial charge >= 0.3 is 0 Å². The van der Waals surface area contributed by atoms with E-state index in [1.54, 1.807) is 7.11 Å². The van der Waals surface area contributed by atoms with Crippen molar-refractivity contribution in [3.05, 3.63) is 28.8 Å². The molecule has 2 rings (SSSR count). The quantitative estimate of drug-likeness (QED) is 0.774. The van der Waals surface area contributed by atoms with Crippen molar-refractivity contribution in [1.29, 1.82) is 0 Å². The Hall–Kier alpha value is -0.730. The summed E-state index contributed by atoms with van der Waals surface area (Å²) in [4.78, 5) is 0. The zero-order valence-electron chi connectivity index (χ0n) is 12.6. The second-order valence-electron chi connectivity index (χ2n) is 5.68. The Morgan fingerprint density at radius 2 is 1.95 bits per heavy atom. The molecule has 1 unspecified atom stereocenters. The van der Waals surface area contributed by atoms with E-state index in [4.69, 9.17) is 16.3 Å². The Balaban J connectivity index is 2.22. The molecule has 0 bridgehead atoms. The normalized spacial score (nSPS) is 18.6. The summed E-state index contributed by atoms with van der Waals surface area (Å²) in [7, 11) is 1.68. The molecule has 0 radical (unpaired) electrons. The highest BCUT2D eigenvalue weighted by atomic mass is 35.5. The first kappa shape index (κ1) is 15.7. The largest absolute Gasteiger partial charge is 0.495 e. The van der Waals surface area contributed by atoms with Crippen LogP contribution in [0.15, 0.2) is 18.2 Å². The zero-order valence-corrected chi connectivity index (χ0v) is 13.4. The van der Waals surface area contributed by atoms with Crippen molar-refractivity contribution < 1.29 is 4.74 Å². The Bertz CT molecular complexity index is 413. The topological polar surface area (TPSA) is 21.3 Å². The van der Waals surface area contributed by atoms with Gasteiger partial charge in [0.2, 0.25) is 0 Å². The van der Waals surface area contributed by atoms with Crippen LogP contribution >= 0.6 is 11.6 Å². The molecule has 1 N–H and O–H groups in total. The molecule has 3 heteroatoms. The molecular formula is C17H26ClNO. The molecule has 1 fully saturated rings. The molecule has 1 aliphatic carbocycles. The van der Waals surface area contributed by atoms with E-state index >= 15 is 0 Å². The van der Waals surface area contributed by atoms with E-state index in [0.29, 0.717) is 11.1 Å². The maximum absolute atomic E-state index is 6.14. The summed E-state index contributed by atoms with van der Waals surface area (Å²) < 4.78 is 5.37. The third-order valence-electron chi connectivity index (χ3n) is 4.33. The summed E-state index contributed by atoms with van der Waals surface area (Å²) in [6, 6.07) is 6.62. The first-order chi connectivity index (χ1) is 9.76. The molecular weight excluding hydrogens is 270 g/mol. The van der Waals surface area contributed by atoms with Crippen molar-refractivity contribution in [3.8, 4) is 5.75 Å². The molecule has 0 aromatic heterocycles. The average molecular weight is 296 g/mol. The highest BCUT2D eigenvalue weighted by molar-refractivity contribution is 6.32. The number of nitrogens with one attached hydrogen (secondary N) is 1. The van der Waals surface area contributed by atoms with Crippen LogP contribution in [-0.2, 0) is 0 Å². The van der Waals surface area contributed by atoms with Crippen molar-refractivity contribution in [2.75, 3.05) is 13.7 Å². The zero-order chi connectivity index (χ0) is 14.4. The molecule has 1 atom stereocenters. The smallest absolute Gasteiger partial charge is 0.137 e. The minimum Gasteiger partial charge on any atom is -0.495 e. The van der Waals surface area contributed by atoms with Gasteiger partial charge in [-0.05, 0) is 43.0 Å².